The number of benzene rings is 1. The van der Waals surface area contributed by atoms with Crippen LogP contribution in [0.3, 0.4) is 0 Å². The molecule has 1 aromatic heterocycles. The monoisotopic (exact) mass is 258 g/mol. The highest BCUT2D eigenvalue weighted by Crippen LogP contribution is 2.25. The van der Waals surface area contributed by atoms with Crippen molar-refractivity contribution in [2.24, 2.45) is 0 Å². The number of halogens is 1. The summed E-state index contributed by atoms with van der Waals surface area (Å²) in [5.74, 6) is 0.00290. The zero-order valence-corrected chi connectivity index (χ0v) is 10.1. The lowest BCUT2D eigenvalue weighted by Crippen LogP contribution is -1.99. The summed E-state index contributed by atoms with van der Waals surface area (Å²) in [5, 5.41) is 11.9. The molecule has 2 rings (SSSR count). The Kier molecular flexibility index (Phi) is 3.48. The highest BCUT2D eigenvalue weighted by Gasteiger charge is 2.07. The van der Waals surface area contributed by atoms with Gasteiger partial charge in [-0.05, 0) is 18.2 Å². The Labute approximate surface area is 109 Å². The molecule has 0 aliphatic heterocycles. The average Bonchev–Trinajstić information content (AvgIpc) is 2.42. The maximum atomic E-state index is 13.3. The molecule has 0 aliphatic carbocycles. The molecule has 5 nitrogen and oxygen atoms in total. The van der Waals surface area contributed by atoms with Gasteiger partial charge in [0.15, 0.2) is 11.6 Å². The van der Waals surface area contributed by atoms with E-state index in [9.17, 15) is 4.39 Å². The summed E-state index contributed by atoms with van der Waals surface area (Å²) in [4.78, 5) is 4.03. The molecule has 0 radical (unpaired) electrons. The van der Waals surface area contributed by atoms with E-state index in [1.165, 1.54) is 37.6 Å². The molecular weight excluding hydrogens is 247 g/mol. The van der Waals surface area contributed by atoms with E-state index in [4.69, 9.17) is 15.7 Å². The lowest BCUT2D eigenvalue weighted by molar-refractivity contribution is 0.387. The number of nitrogen functional groups attached to an aromatic ring is 1. The van der Waals surface area contributed by atoms with Crippen LogP contribution < -0.4 is 15.8 Å². The van der Waals surface area contributed by atoms with Crippen LogP contribution in [0.15, 0.2) is 30.5 Å². The van der Waals surface area contributed by atoms with Gasteiger partial charge in [-0.3, -0.25) is 0 Å². The predicted octanol–water partition coefficient (Wildman–Crippen LogP) is 2.43. The Morgan fingerprint density at radius 3 is 2.89 bits per heavy atom. The van der Waals surface area contributed by atoms with Gasteiger partial charge in [-0.1, -0.05) is 0 Å². The van der Waals surface area contributed by atoms with Crippen molar-refractivity contribution < 1.29 is 9.13 Å². The summed E-state index contributed by atoms with van der Waals surface area (Å²) in [6, 6.07) is 7.77. The van der Waals surface area contributed by atoms with Crippen LogP contribution in [-0.2, 0) is 0 Å². The summed E-state index contributed by atoms with van der Waals surface area (Å²) < 4.78 is 18.1. The fourth-order valence-corrected chi connectivity index (χ4v) is 1.54. The van der Waals surface area contributed by atoms with Crippen LogP contribution in [0.1, 0.15) is 5.56 Å². The standard InChI is InChI=1S/C13H11FN4O/c1-19-12-5-10(2-3-11(12)14)18-13-8(6-15)4-9(16)7-17-13/h2-5,7H,16H2,1H3,(H,17,18). The first-order valence-electron chi connectivity index (χ1n) is 5.40. The van der Waals surface area contributed by atoms with Crippen molar-refractivity contribution >= 4 is 17.2 Å². The first-order chi connectivity index (χ1) is 9.13. The maximum absolute atomic E-state index is 13.3. The topological polar surface area (TPSA) is 84.0 Å². The number of nitrogens with zero attached hydrogens (tertiary/aromatic N) is 2. The maximum Gasteiger partial charge on any atom is 0.165 e. The Balaban J connectivity index is 2.34. The van der Waals surface area contributed by atoms with Gasteiger partial charge in [0.05, 0.1) is 24.6 Å². The van der Waals surface area contributed by atoms with Gasteiger partial charge in [-0.2, -0.15) is 5.26 Å². The van der Waals surface area contributed by atoms with Gasteiger partial charge in [0.25, 0.3) is 0 Å². The molecule has 0 fully saturated rings. The molecule has 0 amide bonds. The van der Waals surface area contributed by atoms with Gasteiger partial charge in [-0.25, -0.2) is 9.37 Å². The van der Waals surface area contributed by atoms with Crippen LogP contribution in [0.25, 0.3) is 0 Å². The Hall–Kier alpha value is -2.81. The Morgan fingerprint density at radius 2 is 2.21 bits per heavy atom. The fourth-order valence-electron chi connectivity index (χ4n) is 1.54. The molecule has 2 aromatic rings. The second-order valence-corrected chi connectivity index (χ2v) is 3.75. The van der Waals surface area contributed by atoms with Gasteiger partial charge in [0.2, 0.25) is 0 Å². The lowest BCUT2D eigenvalue weighted by atomic mass is 10.2. The highest BCUT2D eigenvalue weighted by molar-refractivity contribution is 5.65. The first kappa shape index (κ1) is 12.6. The minimum atomic E-state index is -0.459. The third-order valence-electron chi connectivity index (χ3n) is 2.44. The van der Waals surface area contributed by atoms with E-state index in [2.05, 4.69) is 10.3 Å². The number of nitriles is 1. The number of hydrogen-bond donors (Lipinski definition) is 2. The number of nitrogens with one attached hydrogen (secondary N) is 1. The van der Waals surface area contributed by atoms with Crippen molar-refractivity contribution in [1.82, 2.24) is 4.98 Å². The third-order valence-corrected chi connectivity index (χ3v) is 2.44. The fraction of sp³-hybridized carbons (Fsp3) is 0.0769. The molecule has 1 heterocycles. The van der Waals surface area contributed by atoms with E-state index >= 15 is 0 Å². The molecule has 0 atom stereocenters. The van der Waals surface area contributed by atoms with Gasteiger partial charge >= 0.3 is 0 Å². The van der Waals surface area contributed by atoms with E-state index < -0.39 is 5.82 Å². The van der Waals surface area contributed by atoms with Crippen LogP contribution in [0.4, 0.5) is 21.6 Å². The summed E-state index contributed by atoms with van der Waals surface area (Å²) in [7, 11) is 1.38. The van der Waals surface area contributed by atoms with Gasteiger partial charge in [0.1, 0.15) is 11.9 Å². The van der Waals surface area contributed by atoms with Gasteiger partial charge in [0, 0.05) is 11.8 Å². The second kappa shape index (κ2) is 5.23. The van der Waals surface area contributed by atoms with Crippen molar-refractivity contribution in [2.45, 2.75) is 0 Å². The second-order valence-electron chi connectivity index (χ2n) is 3.75. The zero-order chi connectivity index (χ0) is 13.8. The number of hydrogen-bond acceptors (Lipinski definition) is 5. The number of methoxy groups -OCH3 is 1. The van der Waals surface area contributed by atoms with E-state index in [1.54, 1.807) is 0 Å². The van der Waals surface area contributed by atoms with Crippen LogP contribution in [0.5, 0.6) is 5.75 Å². The molecule has 6 heteroatoms. The number of nitrogens with two attached hydrogens (primary N) is 1. The van der Waals surface area contributed by atoms with Crippen LogP contribution in [0, 0.1) is 17.1 Å². The lowest BCUT2D eigenvalue weighted by Gasteiger charge is -2.09. The smallest absolute Gasteiger partial charge is 0.165 e. The predicted molar refractivity (Wildman–Crippen MR) is 69.6 cm³/mol. The van der Waals surface area contributed by atoms with Crippen molar-refractivity contribution in [2.75, 3.05) is 18.2 Å². The Bertz CT molecular complexity index is 652. The van der Waals surface area contributed by atoms with Gasteiger partial charge < -0.3 is 15.8 Å². The van der Waals surface area contributed by atoms with E-state index in [1.807, 2.05) is 6.07 Å². The molecule has 0 bridgehead atoms. The number of ether oxygens (including phenoxy) is 1. The van der Waals surface area contributed by atoms with Crippen molar-refractivity contribution in [3.8, 4) is 11.8 Å². The van der Waals surface area contributed by atoms with E-state index in [-0.39, 0.29) is 5.75 Å². The minimum absolute atomic E-state index is 0.110. The molecule has 0 spiro atoms. The number of anilines is 3. The SMILES string of the molecule is COc1cc(Nc2ncc(N)cc2C#N)ccc1F. The molecule has 0 saturated carbocycles. The molecule has 0 saturated heterocycles. The van der Waals surface area contributed by atoms with Gasteiger partial charge in [-0.15, -0.1) is 0 Å². The van der Waals surface area contributed by atoms with Crippen LogP contribution in [0.2, 0.25) is 0 Å². The molecule has 0 aliphatic rings. The summed E-state index contributed by atoms with van der Waals surface area (Å²) in [5.41, 5.74) is 6.82. The van der Waals surface area contributed by atoms with Crippen LogP contribution >= 0.6 is 0 Å². The van der Waals surface area contributed by atoms with Crippen molar-refractivity contribution in [3.63, 3.8) is 0 Å². The summed E-state index contributed by atoms with van der Waals surface area (Å²) in [6.07, 6.45) is 1.43. The third kappa shape index (κ3) is 2.72. The molecular formula is C13H11FN4O. The summed E-state index contributed by atoms with van der Waals surface area (Å²) in [6.45, 7) is 0. The molecule has 1 aromatic carbocycles. The summed E-state index contributed by atoms with van der Waals surface area (Å²) >= 11 is 0. The quantitative estimate of drug-likeness (QED) is 0.883. The van der Waals surface area contributed by atoms with Crippen LogP contribution in [-0.4, -0.2) is 12.1 Å². The number of rotatable bonds is 3. The van der Waals surface area contributed by atoms with Crippen molar-refractivity contribution in [1.29, 1.82) is 5.26 Å². The minimum Gasteiger partial charge on any atom is -0.494 e. The molecule has 19 heavy (non-hydrogen) atoms. The van der Waals surface area contributed by atoms with E-state index in [0.29, 0.717) is 22.8 Å². The largest absolute Gasteiger partial charge is 0.494 e. The molecule has 96 valence electrons. The first-order valence-corrected chi connectivity index (χ1v) is 5.40. The highest BCUT2D eigenvalue weighted by atomic mass is 19.1. The number of pyridine rings is 1. The molecule has 0 unspecified atom stereocenters. The normalized spacial score (nSPS) is 9.74. The zero-order valence-electron chi connectivity index (χ0n) is 10.1. The average molecular weight is 258 g/mol. The number of aromatic nitrogens is 1. The Morgan fingerprint density at radius 1 is 1.42 bits per heavy atom. The van der Waals surface area contributed by atoms with Crippen molar-refractivity contribution in [3.05, 3.63) is 41.8 Å². The molecule has 3 N–H and O–H groups in total. The van der Waals surface area contributed by atoms with E-state index in [0.717, 1.165) is 0 Å².